The summed E-state index contributed by atoms with van der Waals surface area (Å²) in [6.45, 7) is 6.03. The zero-order valence-electron chi connectivity index (χ0n) is 21.4. The summed E-state index contributed by atoms with van der Waals surface area (Å²) in [6, 6.07) is 41.6. The minimum Gasteiger partial charge on any atom is -0.392 e. The summed E-state index contributed by atoms with van der Waals surface area (Å²) in [6.07, 6.45) is 0.732. The molecule has 184 valence electrons. The van der Waals surface area contributed by atoms with E-state index in [0.29, 0.717) is 6.42 Å². The van der Waals surface area contributed by atoms with Crippen LogP contribution in [-0.2, 0) is 15.6 Å². The lowest BCUT2D eigenvalue weighted by molar-refractivity contribution is -0.130. The topological polar surface area (TPSA) is 38.3 Å². The molecule has 4 aromatic carbocycles. The number of benzene rings is 4. The lowest BCUT2D eigenvalue weighted by Crippen LogP contribution is -2.71. The van der Waals surface area contributed by atoms with Crippen LogP contribution < -0.4 is 20.9 Å². The van der Waals surface area contributed by atoms with E-state index in [9.17, 15) is 4.79 Å². The van der Waals surface area contributed by atoms with E-state index in [-0.39, 0.29) is 11.4 Å². The number of amides is 1. The second-order valence-electron chi connectivity index (χ2n) is 10.1. The number of hydrogen-bond acceptors (Lipinski definition) is 2. The Kier molecular flexibility index (Phi) is 8.19. The third-order valence-corrected chi connectivity index (χ3v) is 10.3. The highest BCUT2D eigenvalue weighted by atomic mass is 28.4. The molecule has 1 atom stereocenters. The second kappa shape index (κ2) is 11.5. The van der Waals surface area contributed by atoms with Crippen LogP contribution in [0.15, 0.2) is 121 Å². The molecule has 3 nitrogen and oxygen atoms in total. The lowest BCUT2D eigenvalue weighted by atomic mass is 10.0. The van der Waals surface area contributed by atoms with Crippen LogP contribution >= 0.6 is 0 Å². The quantitative estimate of drug-likeness (QED) is 0.274. The Balaban J connectivity index is 1.84. The molecule has 0 saturated heterocycles. The van der Waals surface area contributed by atoms with Gasteiger partial charge in [-0.05, 0) is 54.7 Å². The summed E-state index contributed by atoms with van der Waals surface area (Å²) in [5.74, 6) is -0.0712. The van der Waals surface area contributed by atoms with E-state index in [1.807, 2.05) is 57.2 Å². The fraction of sp³-hybridized carbons (Fsp3) is 0.219. The van der Waals surface area contributed by atoms with E-state index in [1.54, 1.807) is 0 Å². The fourth-order valence-corrected chi connectivity index (χ4v) is 8.62. The molecule has 0 aromatic heterocycles. The van der Waals surface area contributed by atoms with Crippen molar-refractivity contribution in [2.24, 2.45) is 0 Å². The van der Waals surface area contributed by atoms with Crippen LogP contribution in [0.5, 0.6) is 0 Å². The first kappa shape index (κ1) is 25.6. The maximum Gasteiger partial charge on any atom is 0.289 e. The number of carbonyl (C=O) groups is 1. The van der Waals surface area contributed by atoms with Crippen LogP contribution in [0, 0.1) is 0 Å². The zero-order chi connectivity index (χ0) is 25.4. The van der Waals surface area contributed by atoms with E-state index in [2.05, 4.69) is 90.2 Å². The van der Waals surface area contributed by atoms with Gasteiger partial charge in [0.1, 0.15) is 6.10 Å². The smallest absolute Gasteiger partial charge is 0.289 e. The average molecular weight is 494 g/mol. The molecule has 0 fully saturated rings. The fourth-order valence-electron chi connectivity index (χ4n) is 4.57. The highest BCUT2D eigenvalue weighted by molar-refractivity contribution is 7.07. The van der Waals surface area contributed by atoms with Crippen molar-refractivity contribution in [3.8, 4) is 0 Å². The Hall–Kier alpha value is -3.47. The Labute approximate surface area is 216 Å². The molecule has 4 rings (SSSR count). The summed E-state index contributed by atoms with van der Waals surface area (Å²) in [4.78, 5) is 13.7. The first-order valence-electron chi connectivity index (χ1n) is 12.6. The number of aryl methyl sites for hydroxylation is 1. The minimum absolute atomic E-state index is 0.0712. The molecule has 0 radical (unpaired) electrons. The highest BCUT2D eigenvalue weighted by Gasteiger charge is 2.45. The third-order valence-electron chi connectivity index (χ3n) is 6.19. The van der Waals surface area contributed by atoms with Crippen molar-refractivity contribution in [2.75, 3.05) is 0 Å². The van der Waals surface area contributed by atoms with Crippen molar-refractivity contribution in [3.63, 3.8) is 0 Å². The summed E-state index contributed by atoms with van der Waals surface area (Å²) in [7, 11) is -3.02. The van der Waals surface area contributed by atoms with Gasteiger partial charge in [0.25, 0.3) is 8.32 Å². The Morgan fingerprint density at radius 3 is 1.47 bits per heavy atom. The predicted molar refractivity (Wildman–Crippen MR) is 152 cm³/mol. The molecule has 4 aromatic rings. The third kappa shape index (κ3) is 6.20. The maximum absolute atomic E-state index is 13.7. The Morgan fingerprint density at radius 1 is 0.694 bits per heavy atom. The molecule has 0 aliphatic rings. The number of hydrogen-bond donors (Lipinski definition) is 1. The van der Waals surface area contributed by atoms with E-state index < -0.39 is 14.4 Å². The van der Waals surface area contributed by atoms with E-state index in [1.165, 1.54) is 5.56 Å². The minimum atomic E-state index is -3.02. The van der Waals surface area contributed by atoms with Gasteiger partial charge in [-0.2, -0.15) is 0 Å². The van der Waals surface area contributed by atoms with Gasteiger partial charge >= 0.3 is 0 Å². The predicted octanol–water partition coefficient (Wildman–Crippen LogP) is 4.59. The van der Waals surface area contributed by atoms with Crippen molar-refractivity contribution >= 4 is 29.8 Å². The molecule has 0 bridgehead atoms. The highest BCUT2D eigenvalue weighted by Crippen LogP contribution is 2.17. The first-order chi connectivity index (χ1) is 17.4. The molecular formula is C32H35NO2Si. The SMILES string of the molecule is CC(C)(C)NC(=O)C(CCc1ccccc1)O[Si](c1ccccc1)(c1ccccc1)c1ccccc1. The van der Waals surface area contributed by atoms with Gasteiger partial charge in [-0.15, -0.1) is 0 Å². The normalized spacial score (nSPS) is 12.6. The molecule has 0 aliphatic heterocycles. The van der Waals surface area contributed by atoms with Crippen LogP contribution in [0.1, 0.15) is 32.8 Å². The van der Waals surface area contributed by atoms with Crippen LogP contribution in [0.3, 0.4) is 0 Å². The Bertz CT molecular complexity index is 1130. The van der Waals surface area contributed by atoms with Crippen LogP contribution in [0.25, 0.3) is 0 Å². The molecule has 36 heavy (non-hydrogen) atoms. The van der Waals surface area contributed by atoms with E-state index in [4.69, 9.17) is 4.43 Å². The molecule has 0 saturated carbocycles. The number of rotatable bonds is 9. The molecule has 1 unspecified atom stereocenters. The number of carbonyl (C=O) groups excluding carboxylic acids is 1. The average Bonchev–Trinajstić information content (AvgIpc) is 2.90. The van der Waals surface area contributed by atoms with Crippen LogP contribution in [0.2, 0.25) is 0 Å². The molecule has 4 heteroatoms. The molecule has 1 amide bonds. The van der Waals surface area contributed by atoms with Gasteiger partial charge in [-0.1, -0.05) is 121 Å². The van der Waals surface area contributed by atoms with Gasteiger partial charge in [-0.3, -0.25) is 4.79 Å². The van der Waals surface area contributed by atoms with Gasteiger partial charge in [0.05, 0.1) is 0 Å². The van der Waals surface area contributed by atoms with Crippen LogP contribution in [-0.4, -0.2) is 25.9 Å². The monoisotopic (exact) mass is 493 g/mol. The van der Waals surface area contributed by atoms with Gasteiger partial charge < -0.3 is 9.74 Å². The van der Waals surface area contributed by atoms with Crippen molar-refractivity contribution in [1.29, 1.82) is 0 Å². The van der Waals surface area contributed by atoms with Gasteiger partial charge in [0.15, 0.2) is 0 Å². The number of nitrogens with one attached hydrogen (secondary N) is 1. The summed E-state index contributed by atoms with van der Waals surface area (Å²) in [5.41, 5.74) is 0.836. The zero-order valence-corrected chi connectivity index (χ0v) is 22.4. The molecule has 0 spiro atoms. The van der Waals surface area contributed by atoms with E-state index >= 15 is 0 Å². The molecular weight excluding hydrogens is 458 g/mol. The molecule has 0 aliphatic carbocycles. The van der Waals surface area contributed by atoms with Gasteiger partial charge in [0.2, 0.25) is 5.91 Å². The summed E-state index contributed by atoms with van der Waals surface area (Å²) >= 11 is 0. The molecule has 1 N–H and O–H groups in total. The Morgan fingerprint density at radius 2 is 1.08 bits per heavy atom. The second-order valence-corrected chi connectivity index (χ2v) is 13.5. The van der Waals surface area contributed by atoms with Crippen molar-refractivity contribution in [2.45, 2.75) is 45.3 Å². The molecule has 0 heterocycles. The lowest BCUT2D eigenvalue weighted by Gasteiger charge is -2.37. The summed E-state index contributed by atoms with van der Waals surface area (Å²) < 4.78 is 7.25. The summed E-state index contributed by atoms with van der Waals surface area (Å²) in [5, 5.41) is 6.55. The van der Waals surface area contributed by atoms with Crippen molar-refractivity contribution in [3.05, 3.63) is 127 Å². The standard InChI is InChI=1S/C32H35NO2Si/c1-32(2,3)33-31(34)30(25-24-26-16-8-4-9-17-26)35-36(27-18-10-5-11-19-27,28-20-12-6-13-21-28)29-22-14-7-15-23-29/h4-23,30H,24-25H2,1-3H3,(H,33,34). The van der Waals surface area contributed by atoms with Crippen LogP contribution in [0.4, 0.5) is 0 Å². The first-order valence-corrected chi connectivity index (χ1v) is 14.5. The van der Waals surface area contributed by atoms with Gasteiger partial charge in [-0.25, -0.2) is 0 Å². The van der Waals surface area contributed by atoms with Crippen molar-refractivity contribution < 1.29 is 9.22 Å². The van der Waals surface area contributed by atoms with Gasteiger partial charge in [0, 0.05) is 5.54 Å². The van der Waals surface area contributed by atoms with E-state index in [0.717, 1.165) is 22.0 Å². The maximum atomic E-state index is 13.7. The largest absolute Gasteiger partial charge is 0.392 e. The van der Waals surface area contributed by atoms with Crippen molar-refractivity contribution in [1.82, 2.24) is 5.32 Å².